The summed E-state index contributed by atoms with van der Waals surface area (Å²) in [4.78, 5) is 0. The first kappa shape index (κ1) is 10.9. The second-order valence-corrected chi connectivity index (χ2v) is 3.63. The summed E-state index contributed by atoms with van der Waals surface area (Å²) in [5, 5.41) is 18.6. The van der Waals surface area contributed by atoms with E-state index in [1.165, 1.54) is 0 Å². The third-order valence-electron chi connectivity index (χ3n) is 2.67. The van der Waals surface area contributed by atoms with Gasteiger partial charge in [0.2, 0.25) is 0 Å². The van der Waals surface area contributed by atoms with Gasteiger partial charge in [0.15, 0.2) is 0 Å². The molecule has 2 aromatic rings. The van der Waals surface area contributed by atoms with Gasteiger partial charge in [-0.1, -0.05) is 30.3 Å². The second-order valence-electron chi connectivity index (χ2n) is 3.63. The highest BCUT2D eigenvalue weighted by atomic mass is 16.3. The van der Waals surface area contributed by atoms with E-state index in [1.807, 2.05) is 30.3 Å². The molecule has 0 saturated carbocycles. The minimum Gasteiger partial charge on any atom is -0.461 e. The maximum absolute atomic E-state index is 9.33. The highest BCUT2D eigenvalue weighted by molar-refractivity contribution is 5.63. The molecule has 0 saturated heterocycles. The minimum atomic E-state index is -0.128. The zero-order valence-corrected chi connectivity index (χ0v) is 9.10. The van der Waals surface area contributed by atoms with E-state index in [0.29, 0.717) is 22.6 Å². The zero-order valence-electron chi connectivity index (χ0n) is 9.10. The lowest BCUT2D eigenvalue weighted by molar-refractivity contribution is 0.261. The standard InChI is InChI=1S/C13H14O3/c1-9-11(7-14)12(8-15)13(16-9)10-5-3-2-4-6-10/h2-6,14-15H,7-8H2,1H3. The molecule has 0 aliphatic rings. The minimum absolute atomic E-state index is 0.113. The van der Waals surface area contributed by atoms with Gasteiger partial charge in [-0.2, -0.15) is 0 Å². The van der Waals surface area contributed by atoms with Crippen LogP contribution in [0, 0.1) is 6.92 Å². The smallest absolute Gasteiger partial charge is 0.140 e. The molecule has 0 amide bonds. The van der Waals surface area contributed by atoms with Crippen molar-refractivity contribution in [2.45, 2.75) is 20.1 Å². The number of aliphatic hydroxyl groups excluding tert-OH is 2. The van der Waals surface area contributed by atoms with Gasteiger partial charge in [-0.3, -0.25) is 0 Å². The molecule has 2 N–H and O–H groups in total. The van der Waals surface area contributed by atoms with E-state index in [2.05, 4.69) is 0 Å². The summed E-state index contributed by atoms with van der Waals surface area (Å²) in [6.45, 7) is 1.55. The molecular formula is C13H14O3. The summed E-state index contributed by atoms with van der Waals surface area (Å²) in [7, 11) is 0. The predicted molar refractivity (Wildman–Crippen MR) is 60.7 cm³/mol. The van der Waals surface area contributed by atoms with E-state index >= 15 is 0 Å². The van der Waals surface area contributed by atoms with Gasteiger partial charge in [0, 0.05) is 16.7 Å². The SMILES string of the molecule is Cc1oc(-c2ccccc2)c(CO)c1CO. The van der Waals surface area contributed by atoms with Crippen molar-refractivity contribution in [1.29, 1.82) is 0 Å². The Morgan fingerprint density at radius 3 is 2.19 bits per heavy atom. The van der Waals surface area contributed by atoms with Gasteiger partial charge >= 0.3 is 0 Å². The van der Waals surface area contributed by atoms with Crippen LogP contribution in [-0.4, -0.2) is 10.2 Å². The Morgan fingerprint density at radius 2 is 1.62 bits per heavy atom. The topological polar surface area (TPSA) is 53.6 Å². The van der Waals surface area contributed by atoms with E-state index in [0.717, 1.165) is 5.56 Å². The fourth-order valence-corrected chi connectivity index (χ4v) is 1.82. The van der Waals surface area contributed by atoms with Gasteiger partial charge in [-0.05, 0) is 6.92 Å². The van der Waals surface area contributed by atoms with Crippen LogP contribution in [0.1, 0.15) is 16.9 Å². The van der Waals surface area contributed by atoms with E-state index in [-0.39, 0.29) is 13.2 Å². The number of benzene rings is 1. The Balaban J connectivity index is 2.57. The van der Waals surface area contributed by atoms with Crippen molar-refractivity contribution in [3.05, 3.63) is 47.2 Å². The molecule has 3 nitrogen and oxygen atoms in total. The molecule has 0 fully saturated rings. The second kappa shape index (κ2) is 4.51. The Hall–Kier alpha value is -1.58. The van der Waals surface area contributed by atoms with Crippen LogP contribution in [0.5, 0.6) is 0 Å². The highest BCUT2D eigenvalue weighted by Crippen LogP contribution is 2.31. The molecule has 2 rings (SSSR count). The van der Waals surface area contributed by atoms with Crippen molar-refractivity contribution in [1.82, 2.24) is 0 Å². The number of hydrogen-bond acceptors (Lipinski definition) is 3. The first-order valence-corrected chi connectivity index (χ1v) is 5.16. The van der Waals surface area contributed by atoms with Crippen LogP contribution in [0.3, 0.4) is 0 Å². The van der Waals surface area contributed by atoms with E-state index < -0.39 is 0 Å². The monoisotopic (exact) mass is 218 g/mol. The maximum atomic E-state index is 9.33. The molecule has 0 atom stereocenters. The summed E-state index contributed by atoms with van der Waals surface area (Å²) in [6, 6.07) is 9.57. The molecule has 1 aromatic carbocycles. The molecule has 0 aliphatic heterocycles. The van der Waals surface area contributed by atoms with Crippen LogP contribution in [0.4, 0.5) is 0 Å². The summed E-state index contributed by atoms with van der Waals surface area (Å²) in [5.74, 6) is 1.30. The molecular weight excluding hydrogens is 204 g/mol. The molecule has 3 heteroatoms. The quantitative estimate of drug-likeness (QED) is 0.830. The van der Waals surface area contributed by atoms with Crippen molar-refractivity contribution in [3.63, 3.8) is 0 Å². The Morgan fingerprint density at radius 1 is 1.00 bits per heavy atom. The number of furan rings is 1. The largest absolute Gasteiger partial charge is 0.461 e. The Labute approximate surface area is 94.0 Å². The molecule has 0 radical (unpaired) electrons. The summed E-state index contributed by atoms with van der Waals surface area (Å²) in [5.41, 5.74) is 2.27. The summed E-state index contributed by atoms with van der Waals surface area (Å²) < 4.78 is 5.59. The number of hydrogen-bond donors (Lipinski definition) is 2. The maximum Gasteiger partial charge on any atom is 0.140 e. The van der Waals surface area contributed by atoms with Crippen molar-refractivity contribution in [2.24, 2.45) is 0 Å². The third kappa shape index (κ3) is 1.75. The first-order chi connectivity index (χ1) is 7.77. The number of aryl methyl sites for hydroxylation is 1. The zero-order chi connectivity index (χ0) is 11.5. The predicted octanol–water partition coefficient (Wildman–Crippen LogP) is 2.24. The van der Waals surface area contributed by atoms with Crippen LogP contribution in [0.25, 0.3) is 11.3 Å². The van der Waals surface area contributed by atoms with Crippen LogP contribution >= 0.6 is 0 Å². The van der Waals surface area contributed by atoms with Crippen LogP contribution < -0.4 is 0 Å². The Bertz CT molecular complexity index is 471. The first-order valence-electron chi connectivity index (χ1n) is 5.16. The molecule has 16 heavy (non-hydrogen) atoms. The molecule has 0 unspecified atom stereocenters. The number of rotatable bonds is 3. The van der Waals surface area contributed by atoms with Gasteiger partial charge in [-0.15, -0.1) is 0 Å². The normalized spacial score (nSPS) is 10.7. The van der Waals surface area contributed by atoms with E-state index in [9.17, 15) is 10.2 Å². The van der Waals surface area contributed by atoms with E-state index in [1.54, 1.807) is 6.92 Å². The lowest BCUT2D eigenvalue weighted by atomic mass is 10.1. The fraction of sp³-hybridized carbons (Fsp3) is 0.231. The molecule has 1 heterocycles. The van der Waals surface area contributed by atoms with Crippen LogP contribution in [0.2, 0.25) is 0 Å². The van der Waals surface area contributed by atoms with Crippen LogP contribution in [-0.2, 0) is 13.2 Å². The van der Waals surface area contributed by atoms with E-state index in [4.69, 9.17) is 4.42 Å². The van der Waals surface area contributed by atoms with Gasteiger partial charge in [0.25, 0.3) is 0 Å². The lowest BCUT2D eigenvalue weighted by Crippen LogP contribution is -1.92. The molecule has 1 aromatic heterocycles. The Kier molecular flexibility index (Phi) is 3.08. The molecule has 0 spiro atoms. The fourth-order valence-electron chi connectivity index (χ4n) is 1.82. The van der Waals surface area contributed by atoms with Crippen molar-refractivity contribution < 1.29 is 14.6 Å². The molecule has 0 aliphatic carbocycles. The highest BCUT2D eigenvalue weighted by Gasteiger charge is 2.17. The van der Waals surface area contributed by atoms with Gasteiger partial charge in [0.05, 0.1) is 13.2 Å². The van der Waals surface area contributed by atoms with Gasteiger partial charge in [0.1, 0.15) is 11.5 Å². The van der Waals surface area contributed by atoms with Gasteiger partial charge < -0.3 is 14.6 Å². The average Bonchev–Trinajstić information content (AvgIpc) is 2.66. The van der Waals surface area contributed by atoms with Crippen molar-refractivity contribution in [3.8, 4) is 11.3 Å². The molecule has 84 valence electrons. The van der Waals surface area contributed by atoms with Crippen molar-refractivity contribution in [2.75, 3.05) is 0 Å². The third-order valence-corrected chi connectivity index (χ3v) is 2.67. The van der Waals surface area contributed by atoms with Crippen molar-refractivity contribution >= 4 is 0 Å². The summed E-state index contributed by atoms with van der Waals surface area (Å²) >= 11 is 0. The number of aliphatic hydroxyl groups is 2. The average molecular weight is 218 g/mol. The van der Waals surface area contributed by atoms with Crippen LogP contribution in [0.15, 0.2) is 34.7 Å². The van der Waals surface area contributed by atoms with Gasteiger partial charge in [-0.25, -0.2) is 0 Å². The lowest BCUT2D eigenvalue weighted by Gasteiger charge is -2.00. The summed E-state index contributed by atoms with van der Waals surface area (Å²) in [6.07, 6.45) is 0. The molecule has 0 bridgehead atoms.